The van der Waals surface area contributed by atoms with Gasteiger partial charge in [0, 0.05) is 26.1 Å². The van der Waals surface area contributed by atoms with Crippen LogP contribution < -0.4 is 9.80 Å². The maximum atomic E-state index is 12.1. The molecule has 2 heterocycles. The fourth-order valence-corrected chi connectivity index (χ4v) is 3.02. The fourth-order valence-electron chi connectivity index (χ4n) is 3.02. The molecule has 2 aliphatic rings. The average Bonchev–Trinajstić information content (AvgIpc) is 3.08. The number of hydrogen-bond donors (Lipinski definition) is 1. The zero-order chi connectivity index (χ0) is 14.1. The highest BCUT2D eigenvalue weighted by Gasteiger charge is 2.36. The maximum absolute atomic E-state index is 12.1. The van der Waals surface area contributed by atoms with Gasteiger partial charge < -0.3 is 14.9 Å². The number of rotatable bonds is 3. The second kappa shape index (κ2) is 5.15. The Balaban J connectivity index is 1.90. The molecule has 1 aromatic rings. The largest absolute Gasteiger partial charge is 0.481 e. The van der Waals surface area contributed by atoms with Crippen LogP contribution in [0.2, 0.25) is 0 Å². The number of carbonyl (C=O) groups excluding carboxylic acids is 1. The number of carbonyl (C=O) groups is 2. The molecule has 1 atom stereocenters. The highest BCUT2D eigenvalue weighted by Crippen LogP contribution is 2.35. The Labute approximate surface area is 117 Å². The SMILES string of the molecule is O=C(O)C1CC(=O)N(c2ccccc2N2CCCC2)C1. The Morgan fingerprint density at radius 2 is 1.80 bits per heavy atom. The van der Waals surface area contributed by atoms with Crippen LogP contribution in [-0.4, -0.2) is 36.6 Å². The van der Waals surface area contributed by atoms with Gasteiger partial charge in [0.15, 0.2) is 0 Å². The van der Waals surface area contributed by atoms with E-state index in [0.29, 0.717) is 0 Å². The van der Waals surface area contributed by atoms with Crippen LogP contribution in [-0.2, 0) is 9.59 Å². The summed E-state index contributed by atoms with van der Waals surface area (Å²) in [6.07, 6.45) is 2.43. The van der Waals surface area contributed by atoms with E-state index in [2.05, 4.69) is 4.90 Å². The molecule has 2 aliphatic heterocycles. The van der Waals surface area contributed by atoms with Crippen molar-refractivity contribution in [3.05, 3.63) is 24.3 Å². The van der Waals surface area contributed by atoms with Gasteiger partial charge in [0.05, 0.1) is 17.3 Å². The molecule has 2 fully saturated rings. The summed E-state index contributed by atoms with van der Waals surface area (Å²) in [5, 5.41) is 9.09. The number of anilines is 2. The first-order chi connectivity index (χ1) is 9.66. The zero-order valence-electron chi connectivity index (χ0n) is 11.3. The van der Waals surface area contributed by atoms with E-state index in [4.69, 9.17) is 5.11 Å². The Hall–Kier alpha value is -2.04. The first-order valence-corrected chi connectivity index (χ1v) is 7.04. The highest BCUT2D eigenvalue weighted by atomic mass is 16.4. The monoisotopic (exact) mass is 274 g/mol. The third-order valence-corrected chi connectivity index (χ3v) is 4.09. The molecule has 106 valence electrons. The van der Waals surface area contributed by atoms with Gasteiger partial charge in [0.2, 0.25) is 5.91 Å². The van der Waals surface area contributed by atoms with Crippen LogP contribution in [0.5, 0.6) is 0 Å². The number of carboxylic acid groups (broad SMARTS) is 1. The van der Waals surface area contributed by atoms with Crippen LogP contribution in [0.1, 0.15) is 19.3 Å². The molecule has 2 saturated heterocycles. The Kier molecular flexibility index (Phi) is 3.34. The van der Waals surface area contributed by atoms with Crippen LogP contribution in [0.4, 0.5) is 11.4 Å². The van der Waals surface area contributed by atoms with E-state index in [-0.39, 0.29) is 18.9 Å². The number of para-hydroxylation sites is 2. The lowest BCUT2D eigenvalue weighted by Gasteiger charge is -2.26. The topological polar surface area (TPSA) is 60.9 Å². The Morgan fingerprint density at radius 3 is 2.40 bits per heavy atom. The van der Waals surface area contributed by atoms with Gasteiger partial charge in [-0.3, -0.25) is 9.59 Å². The molecule has 1 unspecified atom stereocenters. The van der Waals surface area contributed by atoms with Gasteiger partial charge in [-0.2, -0.15) is 0 Å². The molecule has 0 aromatic heterocycles. The Bertz CT molecular complexity index is 538. The van der Waals surface area contributed by atoms with Crippen LogP contribution >= 0.6 is 0 Å². The van der Waals surface area contributed by atoms with E-state index in [1.165, 1.54) is 12.8 Å². The highest BCUT2D eigenvalue weighted by molar-refractivity contribution is 6.01. The van der Waals surface area contributed by atoms with Crippen molar-refractivity contribution in [3.8, 4) is 0 Å². The zero-order valence-corrected chi connectivity index (χ0v) is 11.3. The second-order valence-corrected chi connectivity index (χ2v) is 5.43. The van der Waals surface area contributed by atoms with Crippen LogP contribution in [0.3, 0.4) is 0 Å². The van der Waals surface area contributed by atoms with Crippen molar-refractivity contribution >= 4 is 23.3 Å². The summed E-state index contributed by atoms with van der Waals surface area (Å²) in [6.45, 7) is 2.28. The van der Waals surface area contributed by atoms with Crippen molar-refractivity contribution in [2.24, 2.45) is 5.92 Å². The summed E-state index contributed by atoms with van der Waals surface area (Å²) < 4.78 is 0. The molecule has 1 N–H and O–H groups in total. The van der Waals surface area contributed by atoms with E-state index in [1.807, 2.05) is 24.3 Å². The van der Waals surface area contributed by atoms with Crippen molar-refractivity contribution in [3.63, 3.8) is 0 Å². The summed E-state index contributed by atoms with van der Waals surface area (Å²) in [7, 11) is 0. The van der Waals surface area contributed by atoms with E-state index in [1.54, 1.807) is 4.90 Å². The Morgan fingerprint density at radius 1 is 1.15 bits per heavy atom. The standard InChI is InChI=1S/C15H18N2O3/c18-14-9-11(15(19)20)10-17(14)13-6-2-1-5-12(13)16-7-3-4-8-16/h1-2,5-6,11H,3-4,7-10H2,(H,19,20). The molecule has 0 radical (unpaired) electrons. The molecule has 5 heteroatoms. The number of benzene rings is 1. The lowest BCUT2D eigenvalue weighted by atomic mass is 10.1. The minimum Gasteiger partial charge on any atom is -0.481 e. The summed E-state index contributed by atoms with van der Waals surface area (Å²) in [5.41, 5.74) is 1.90. The summed E-state index contributed by atoms with van der Waals surface area (Å²) >= 11 is 0. The molecular formula is C15H18N2O3. The lowest BCUT2D eigenvalue weighted by molar-refractivity contribution is -0.141. The summed E-state index contributed by atoms with van der Waals surface area (Å²) in [6, 6.07) is 7.79. The number of nitrogens with zero attached hydrogens (tertiary/aromatic N) is 2. The molecule has 5 nitrogen and oxygen atoms in total. The normalized spacial score (nSPS) is 22.6. The number of carboxylic acids is 1. The number of amides is 1. The van der Waals surface area contributed by atoms with E-state index < -0.39 is 11.9 Å². The molecule has 0 spiro atoms. The van der Waals surface area contributed by atoms with E-state index >= 15 is 0 Å². The summed E-state index contributed by atoms with van der Waals surface area (Å²) in [4.78, 5) is 27.1. The molecule has 3 rings (SSSR count). The molecular weight excluding hydrogens is 256 g/mol. The van der Waals surface area contributed by atoms with Gasteiger partial charge in [0.1, 0.15) is 0 Å². The van der Waals surface area contributed by atoms with Gasteiger partial charge in [-0.15, -0.1) is 0 Å². The lowest BCUT2D eigenvalue weighted by Crippen LogP contribution is -2.29. The first kappa shape index (κ1) is 13.0. The van der Waals surface area contributed by atoms with E-state index in [9.17, 15) is 9.59 Å². The van der Waals surface area contributed by atoms with Crippen molar-refractivity contribution < 1.29 is 14.7 Å². The second-order valence-electron chi connectivity index (χ2n) is 5.43. The molecule has 1 aromatic carbocycles. The molecule has 0 bridgehead atoms. The average molecular weight is 274 g/mol. The van der Waals surface area contributed by atoms with Crippen LogP contribution in [0, 0.1) is 5.92 Å². The van der Waals surface area contributed by atoms with Crippen molar-refractivity contribution in [1.29, 1.82) is 0 Å². The van der Waals surface area contributed by atoms with Gasteiger partial charge in [0.25, 0.3) is 0 Å². The predicted octanol–water partition coefficient (Wildman–Crippen LogP) is 1.72. The van der Waals surface area contributed by atoms with Crippen molar-refractivity contribution in [2.75, 3.05) is 29.4 Å². The van der Waals surface area contributed by atoms with Crippen LogP contribution in [0.15, 0.2) is 24.3 Å². The van der Waals surface area contributed by atoms with Crippen molar-refractivity contribution in [1.82, 2.24) is 0 Å². The minimum absolute atomic E-state index is 0.0935. The number of aliphatic carboxylic acids is 1. The van der Waals surface area contributed by atoms with Gasteiger partial charge >= 0.3 is 5.97 Å². The molecule has 1 amide bonds. The fraction of sp³-hybridized carbons (Fsp3) is 0.467. The third-order valence-electron chi connectivity index (χ3n) is 4.09. The molecule has 0 aliphatic carbocycles. The minimum atomic E-state index is -0.889. The van der Waals surface area contributed by atoms with Crippen LogP contribution in [0.25, 0.3) is 0 Å². The van der Waals surface area contributed by atoms with Crippen molar-refractivity contribution in [2.45, 2.75) is 19.3 Å². The van der Waals surface area contributed by atoms with Gasteiger partial charge in [-0.1, -0.05) is 12.1 Å². The maximum Gasteiger partial charge on any atom is 0.308 e. The number of hydrogen-bond acceptors (Lipinski definition) is 3. The van der Waals surface area contributed by atoms with Gasteiger partial charge in [-0.25, -0.2) is 0 Å². The van der Waals surface area contributed by atoms with Gasteiger partial charge in [-0.05, 0) is 25.0 Å². The molecule has 20 heavy (non-hydrogen) atoms. The third kappa shape index (κ3) is 2.24. The van der Waals surface area contributed by atoms with E-state index in [0.717, 1.165) is 24.5 Å². The molecule has 0 saturated carbocycles. The first-order valence-electron chi connectivity index (χ1n) is 7.04. The smallest absolute Gasteiger partial charge is 0.308 e. The summed E-state index contributed by atoms with van der Waals surface area (Å²) in [5.74, 6) is -1.57. The predicted molar refractivity (Wildman–Crippen MR) is 76.0 cm³/mol. The quantitative estimate of drug-likeness (QED) is 0.911.